The number of unbranched alkanes of at least 4 members (excludes halogenated alkanes) is 3. The van der Waals surface area contributed by atoms with Gasteiger partial charge in [-0.05, 0) is 12.1 Å². The van der Waals surface area contributed by atoms with Crippen molar-refractivity contribution >= 4 is 16.9 Å². The number of nitrogens with one attached hydrogen (secondary N) is 1. The Balaban J connectivity index is 0.000000286. The van der Waals surface area contributed by atoms with E-state index in [-0.39, 0.29) is 5.56 Å². The number of aromatic carboxylic acids is 1. The highest BCUT2D eigenvalue weighted by atomic mass is 16.4. The lowest BCUT2D eigenvalue weighted by Crippen LogP contribution is -2.14. The molecule has 0 aliphatic heterocycles. The van der Waals surface area contributed by atoms with Crippen molar-refractivity contribution in [1.82, 2.24) is 4.98 Å². The van der Waals surface area contributed by atoms with Crippen LogP contribution in [0.1, 0.15) is 49.9 Å². The van der Waals surface area contributed by atoms with Crippen molar-refractivity contribution in [3.63, 3.8) is 0 Å². The van der Waals surface area contributed by atoms with Crippen LogP contribution in [0.15, 0.2) is 35.3 Å². The van der Waals surface area contributed by atoms with E-state index in [1.54, 1.807) is 24.3 Å². The highest BCUT2D eigenvalue weighted by Gasteiger charge is 2.10. The molecule has 0 bridgehead atoms. The maximum Gasteiger partial charge on any atom is 0.341 e. The van der Waals surface area contributed by atoms with E-state index in [0.29, 0.717) is 10.9 Å². The third-order valence-corrected chi connectivity index (χ3v) is 2.98. The van der Waals surface area contributed by atoms with Crippen molar-refractivity contribution < 1.29 is 9.90 Å². The van der Waals surface area contributed by atoms with E-state index in [2.05, 4.69) is 18.8 Å². The van der Waals surface area contributed by atoms with Gasteiger partial charge in [-0.15, -0.1) is 0 Å². The minimum Gasteiger partial charge on any atom is -0.477 e. The summed E-state index contributed by atoms with van der Waals surface area (Å²) in [4.78, 5) is 25.0. The van der Waals surface area contributed by atoms with Gasteiger partial charge in [0, 0.05) is 17.1 Å². The Kier molecular flexibility index (Phi) is 6.50. The molecule has 2 aromatic rings. The summed E-state index contributed by atoms with van der Waals surface area (Å²) >= 11 is 0. The average Bonchev–Trinajstić information content (AvgIpc) is 2.46. The van der Waals surface area contributed by atoms with Crippen LogP contribution in [0.5, 0.6) is 0 Å². The summed E-state index contributed by atoms with van der Waals surface area (Å²) in [6.45, 7) is 4.46. The molecular formula is C16H21NO3. The van der Waals surface area contributed by atoms with Gasteiger partial charge in [0.1, 0.15) is 5.56 Å². The normalized spacial score (nSPS) is 9.90. The van der Waals surface area contributed by atoms with E-state index in [1.165, 1.54) is 31.9 Å². The SMILES string of the molecule is CCCCCC.O=C(O)c1c[nH]c2ccccc2c1=O. The van der Waals surface area contributed by atoms with E-state index in [9.17, 15) is 9.59 Å². The number of hydrogen-bond acceptors (Lipinski definition) is 2. The van der Waals surface area contributed by atoms with Crippen LogP contribution in [-0.4, -0.2) is 16.1 Å². The fourth-order valence-electron chi connectivity index (χ4n) is 1.83. The van der Waals surface area contributed by atoms with Gasteiger partial charge in [-0.25, -0.2) is 4.79 Å². The van der Waals surface area contributed by atoms with Gasteiger partial charge in [0.2, 0.25) is 5.43 Å². The minimum atomic E-state index is -1.21. The predicted octanol–water partition coefficient (Wildman–Crippen LogP) is 3.81. The van der Waals surface area contributed by atoms with Gasteiger partial charge in [-0.1, -0.05) is 51.7 Å². The van der Waals surface area contributed by atoms with Gasteiger partial charge in [0.05, 0.1) is 0 Å². The lowest BCUT2D eigenvalue weighted by Gasteiger charge is -1.98. The number of benzene rings is 1. The van der Waals surface area contributed by atoms with E-state index >= 15 is 0 Å². The number of aromatic nitrogens is 1. The molecule has 0 saturated carbocycles. The zero-order chi connectivity index (χ0) is 15.0. The second kappa shape index (κ2) is 8.15. The maximum absolute atomic E-state index is 11.6. The molecule has 2 rings (SSSR count). The second-order valence-corrected chi connectivity index (χ2v) is 4.59. The minimum absolute atomic E-state index is 0.233. The van der Waals surface area contributed by atoms with Crippen LogP contribution in [0.25, 0.3) is 10.9 Å². The molecule has 0 spiro atoms. The Bertz CT molecular complexity index is 612. The summed E-state index contributed by atoms with van der Waals surface area (Å²) in [5, 5.41) is 9.10. The summed E-state index contributed by atoms with van der Waals surface area (Å²) in [6.07, 6.45) is 6.75. The molecule has 0 amide bonds. The topological polar surface area (TPSA) is 70.2 Å². The van der Waals surface area contributed by atoms with Crippen molar-refractivity contribution in [1.29, 1.82) is 0 Å². The molecule has 0 fully saturated rings. The summed E-state index contributed by atoms with van der Waals surface area (Å²) in [7, 11) is 0. The summed E-state index contributed by atoms with van der Waals surface area (Å²) in [5.74, 6) is -1.21. The molecule has 0 atom stereocenters. The standard InChI is InChI=1S/C10H7NO3.C6H14/c12-9-6-3-1-2-4-8(6)11-5-7(9)10(13)14;1-3-5-6-4-2/h1-5H,(H,11,12)(H,13,14);3-6H2,1-2H3. The number of H-pyrrole nitrogens is 1. The first-order valence-electron chi connectivity index (χ1n) is 6.95. The number of fused-ring (bicyclic) bond motifs is 1. The third kappa shape index (κ3) is 4.23. The Labute approximate surface area is 118 Å². The Morgan fingerprint density at radius 1 is 1.15 bits per heavy atom. The first-order chi connectivity index (χ1) is 9.61. The molecule has 4 nitrogen and oxygen atoms in total. The van der Waals surface area contributed by atoms with Crippen LogP contribution in [-0.2, 0) is 0 Å². The van der Waals surface area contributed by atoms with Crippen molar-refractivity contribution in [2.45, 2.75) is 39.5 Å². The van der Waals surface area contributed by atoms with Crippen LogP contribution in [0.2, 0.25) is 0 Å². The van der Waals surface area contributed by atoms with Crippen molar-refractivity contribution in [3.05, 3.63) is 46.2 Å². The molecule has 20 heavy (non-hydrogen) atoms. The number of carboxylic acids is 1. The van der Waals surface area contributed by atoms with E-state index in [0.717, 1.165) is 0 Å². The molecule has 0 unspecified atom stereocenters. The van der Waals surface area contributed by atoms with Gasteiger partial charge >= 0.3 is 5.97 Å². The van der Waals surface area contributed by atoms with E-state index < -0.39 is 11.4 Å². The molecule has 0 aliphatic carbocycles. The smallest absolute Gasteiger partial charge is 0.341 e. The number of hydrogen-bond donors (Lipinski definition) is 2. The molecule has 108 valence electrons. The molecule has 2 N–H and O–H groups in total. The quantitative estimate of drug-likeness (QED) is 0.833. The molecule has 1 aromatic heterocycles. The molecule has 0 radical (unpaired) electrons. The summed E-state index contributed by atoms with van der Waals surface area (Å²) in [5.41, 5.74) is -0.0435. The van der Waals surface area contributed by atoms with Gasteiger partial charge < -0.3 is 10.1 Å². The molecule has 0 saturated heterocycles. The summed E-state index contributed by atoms with van der Waals surface area (Å²) < 4.78 is 0. The Hall–Kier alpha value is -2.10. The first-order valence-corrected chi connectivity index (χ1v) is 6.95. The van der Waals surface area contributed by atoms with Gasteiger partial charge in [-0.3, -0.25) is 4.79 Å². The number of aromatic amines is 1. The van der Waals surface area contributed by atoms with Crippen molar-refractivity contribution in [3.8, 4) is 0 Å². The van der Waals surface area contributed by atoms with Crippen molar-refractivity contribution in [2.75, 3.05) is 0 Å². The molecule has 1 aromatic carbocycles. The van der Waals surface area contributed by atoms with Crippen LogP contribution in [0, 0.1) is 0 Å². The van der Waals surface area contributed by atoms with Gasteiger partial charge in [-0.2, -0.15) is 0 Å². The lowest BCUT2D eigenvalue weighted by atomic mass is 10.1. The van der Waals surface area contributed by atoms with Crippen LogP contribution >= 0.6 is 0 Å². The zero-order valence-corrected chi connectivity index (χ0v) is 12.0. The van der Waals surface area contributed by atoms with Crippen LogP contribution in [0.3, 0.4) is 0 Å². The summed E-state index contributed by atoms with van der Waals surface area (Å²) in [6, 6.07) is 6.80. The predicted molar refractivity (Wildman–Crippen MR) is 81.3 cm³/mol. The van der Waals surface area contributed by atoms with E-state index in [1.807, 2.05) is 0 Å². The molecule has 0 aliphatic rings. The Morgan fingerprint density at radius 3 is 2.30 bits per heavy atom. The van der Waals surface area contributed by atoms with Gasteiger partial charge in [0.25, 0.3) is 0 Å². The van der Waals surface area contributed by atoms with Crippen LogP contribution < -0.4 is 5.43 Å². The monoisotopic (exact) mass is 275 g/mol. The number of rotatable bonds is 4. The third-order valence-electron chi connectivity index (χ3n) is 2.98. The maximum atomic E-state index is 11.6. The van der Waals surface area contributed by atoms with E-state index in [4.69, 9.17) is 5.11 Å². The highest BCUT2D eigenvalue weighted by Crippen LogP contribution is 2.06. The van der Waals surface area contributed by atoms with Gasteiger partial charge in [0.15, 0.2) is 0 Å². The first kappa shape index (κ1) is 16.0. The fourth-order valence-corrected chi connectivity index (χ4v) is 1.83. The molecule has 4 heteroatoms. The number of pyridine rings is 1. The lowest BCUT2D eigenvalue weighted by molar-refractivity contribution is 0.0695. The van der Waals surface area contributed by atoms with Crippen LogP contribution in [0.4, 0.5) is 0 Å². The highest BCUT2D eigenvalue weighted by molar-refractivity contribution is 5.92. The molecule has 1 heterocycles. The zero-order valence-electron chi connectivity index (χ0n) is 12.0. The average molecular weight is 275 g/mol. The fraction of sp³-hybridized carbons (Fsp3) is 0.375. The second-order valence-electron chi connectivity index (χ2n) is 4.59. The van der Waals surface area contributed by atoms with Crippen molar-refractivity contribution in [2.24, 2.45) is 0 Å². The number of para-hydroxylation sites is 1. The molecular weight excluding hydrogens is 254 g/mol. The number of carboxylic acid groups (broad SMARTS) is 1. The number of carbonyl (C=O) groups is 1. The largest absolute Gasteiger partial charge is 0.477 e. The Morgan fingerprint density at radius 2 is 1.75 bits per heavy atom.